The van der Waals surface area contributed by atoms with Crippen molar-refractivity contribution in [1.29, 1.82) is 0 Å². The minimum absolute atomic E-state index is 0.106. The molecule has 0 aromatic heterocycles. The zero-order chi connectivity index (χ0) is 13.5. The van der Waals surface area contributed by atoms with Crippen LogP contribution >= 0.6 is 11.8 Å². The molecule has 0 fully saturated rings. The van der Waals surface area contributed by atoms with Crippen LogP contribution in [0.4, 0.5) is 0 Å². The maximum absolute atomic E-state index is 11.4. The molecule has 0 bridgehead atoms. The minimum atomic E-state index is -0.267. The molecule has 0 radical (unpaired) electrons. The minimum Gasteiger partial charge on any atom is -0.324 e. The molecule has 1 unspecified atom stereocenters. The monoisotopic (exact) mass is 267 g/mol. The quantitative estimate of drug-likeness (QED) is 0.543. The van der Waals surface area contributed by atoms with Crippen LogP contribution in [0, 0.1) is 0 Å². The Bertz CT molecular complexity index is 378. The van der Waals surface area contributed by atoms with Crippen molar-refractivity contribution in [1.82, 2.24) is 10.9 Å². The number of nitrogens with one attached hydrogen (secondary N) is 2. The molecule has 0 heterocycles. The van der Waals surface area contributed by atoms with Crippen LogP contribution in [0.15, 0.2) is 29.2 Å². The van der Waals surface area contributed by atoms with E-state index >= 15 is 0 Å². The number of hydrazine groups is 1. The van der Waals surface area contributed by atoms with Crippen molar-refractivity contribution in [3.8, 4) is 0 Å². The Morgan fingerprint density at radius 1 is 1.33 bits per heavy atom. The molecular weight excluding hydrogens is 246 g/mol. The van der Waals surface area contributed by atoms with Crippen molar-refractivity contribution in [2.45, 2.75) is 36.5 Å². The van der Waals surface area contributed by atoms with E-state index in [1.54, 1.807) is 7.05 Å². The number of hydrogen-bond donors (Lipinski definition) is 3. The average molecular weight is 267 g/mol. The van der Waals surface area contributed by atoms with Crippen molar-refractivity contribution >= 4 is 17.7 Å². The van der Waals surface area contributed by atoms with Gasteiger partial charge in [-0.1, -0.05) is 26.0 Å². The van der Waals surface area contributed by atoms with Crippen molar-refractivity contribution < 1.29 is 4.79 Å². The molecule has 4 nitrogen and oxygen atoms in total. The predicted molar refractivity (Wildman–Crippen MR) is 76.2 cm³/mol. The molecule has 18 heavy (non-hydrogen) atoms. The summed E-state index contributed by atoms with van der Waals surface area (Å²) in [7, 11) is 1.65. The second-order valence-electron chi connectivity index (χ2n) is 4.34. The molecule has 0 aliphatic carbocycles. The van der Waals surface area contributed by atoms with Gasteiger partial charge in [0.2, 0.25) is 5.91 Å². The van der Waals surface area contributed by atoms with E-state index in [-0.39, 0.29) is 18.4 Å². The van der Waals surface area contributed by atoms with Gasteiger partial charge >= 0.3 is 0 Å². The molecule has 100 valence electrons. The maximum atomic E-state index is 11.4. The molecule has 1 aromatic rings. The third-order valence-corrected chi connectivity index (χ3v) is 3.37. The van der Waals surface area contributed by atoms with Gasteiger partial charge in [-0.2, -0.15) is 0 Å². The first-order valence-electron chi connectivity index (χ1n) is 6.00. The number of carbonyl (C=O) groups is 1. The van der Waals surface area contributed by atoms with Crippen LogP contribution in [0.1, 0.15) is 31.9 Å². The van der Waals surface area contributed by atoms with Gasteiger partial charge in [0.1, 0.15) is 0 Å². The summed E-state index contributed by atoms with van der Waals surface area (Å²) in [5.41, 5.74) is 12.1. The fraction of sp³-hybridized carbons (Fsp3) is 0.462. The summed E-state index contributed by atoms with van der Waals surface area (Å²) in [6, 6.07) is 7.81. The lowest BCUT2D eigenvalue weighted by Crippen LogP contribution is -2.36. The zero-order valence-corrected chi connectivity index (χ0v) is 11.9. The van der Waals surface area contributed by atoms with Crippen LogP contribution in [0.25, 0.3) is 0 Å². The Balaban J connectivity index is 2.58. The number of nitrogens with two attached hydrogens (primary N) is 1. The van der Waals surface area contributed by atoms with Crippen molar-refractivity contribution in [3.05, 3.63) is 29.8 Å². The van der Waals surface area contributed by atoms with Crippen molar-refractivity contribution in [2.24, 2.45) is 5.73 Å². The summed E-state index contributed by atoms with van der Waals surface area (Å²) in [6.45, 7) is 4.32. The highest BCUT2D eigenvalue weighted by atomic mass is 32.2. The number of hydrogen-bond acceptors (Lipinski definition) is 4. The summed E-state index contributed by atoms with van der Waals surface area (Å²) >= 11 is 1.81. The number of rotatable bonds is 6. The normalized spacial score (nSPS) is 12.5. The van der Waals surface area contributed by atoms with Gasteiger partial charge in [0.25, 0.3) is 0 Å². The fourth-order valence-corrected chi connectivity index (χ4v) is 2.41. The first kappa shape index (κ1) is 15.0. The Kier molecular flexibility index (Phi) is 6.18. The highest BCUT2D eigenvalue weighted by molar-refractivity contribution is 7.99. The SMILES string of the molecule is CNNC(=O)CC(N)c1ccc(SC(C)C)cc1. The predicted octanol–water partition coefficient (Wildman–Crippen LogP) is 1.83. The van der Waals surface area contributed by atoms with E-state index in [4.69, 9.17) is 5.73 Å². The first-order chi connectivity index (χ1) is 8.52. The van der Waals surface area contributed by atoms with E-state index in [2.05, 4.69) is 36.8 Å². The van der Waals surface area contributed by atoms with E-state index in [0.717, 1.165) is 5.56 Å². The second-order valence-corrected chi connectivity index (χ2v) is 5.99. The van der Waals surface area contributed by atoms with Crippen LogP contribution in [0.3, 0.4) is 0 Å². The number of amides is 1. The van der Waals surface area contributed by atoms with E-state index in [0.29, 0.717) is 5.25 Å². The van der Waals surface area contributed by atoms with Gasteiger partial charge < -0.3 is 5.73 Å². The highest BCUT2D eigenvalue weighted by Crippen LogP contribution is 2.24. The molecule has 0 saturated carbocycles. The summed E-state index contributed by atoms with van der Waals surface area (Å²) in [5, 5.41) is 0.561. The summed E-state index contributed by atoms with van der Waals surface area (Å²) < 4.78 is 0. The zero-order valence-electron chi connectivity index (χ0n) is 11.1. The summed E-state index contributed by atoms with van der Waals surface area (Å²) in [4.78, 5) is 12.6. The Morgan fingerprint density at radius 2 is 1.94 bits per heavy atom. The number of benzene rings is 1. The maximum Gasteiger partial charge on any atom is 0.235 e. The molecule has 0 aliphatic rings. The smallest absolute Gasteiger partial charge is 0.235 e. The Morgan fingerprint density at radius 3 is 2.44 bits per heavy atom. The van der Waals surface area contributed by atoms with Gasteiger partial charge in [0.05, 0.1) is 0 Å². The lowest BCUT2D eigenvalue weighted by molar-refractivity contribution is -0.122. The van der Waals surface area contributed by atoms with E-state index in [9.17, 15) is 4.79 Å². The fourth-order valence-electron chi connectivity index (χ4n) is 1.57. The molecule has 1 rings (SSSR count). The van der Waals surface area contributed by atoms with Crippen LogP contribution in [0.5, 0.6) is 0 Å². The van der Waals surface area contributed by atoms with Gasteiger partial charge in [-0.05, 0) is 17.7 Å². The molecule has 5 heteroatoms. The molecule has 0 saturated heterocycles. The van der Waals surface area contributed by atoms with Crippen LogP contribution in [-0.2, 0) is 4.79 Å². The van der Waals surface area contributed by atoms with Gasteiger partial charge in [0.15, 0.2) is 0 Å². The lowest BCUT2D eigenvalue weighted by Gasteiger charge is -2.12. The van der Waals surface area contributed by atoms with Crippen molar-refractivity contribution in [3.63, 3.8) is 0 Å². The van der Waals surface area contributed by atoms with E-state index in [1.165, 1.54) is 4.90 Å². The van der Waals surface area contributed by atoms with Gasteiger partial charge in [-0.15, -0.1) is 11.8 Å². The average Bonchev–Trinajstić information content (AvgIpc) is 2.29. The molecule has 0 spiro atoms. The molecule has 4 N–H and O–H groups in total. The van der Waals surface area contributed by atoms with E-state index in [1.807, 2.05) is 23.9 Å². The standard InChI is InChI=1S/C13H21N3OS/c1-9(2)18-11-6-4-10(5-7-11)12(14)8-13(17)16-15-3/h4-7,9,12,15H,8,14H2,1-3H3,(H,16,17). The Labute approximate surface area is 113 Å². The largest absolute Gasteiger partial charge is 0.324 e. The number of thioether (sulfide) groups is 1. The first-order valence-corrected chi connectivity index (χ1v) is 6.88. The molecule has 1 atom stereocenters. The Hall–Kier alpha value is -1.04. The third-order valence-electron chi connectivity index (χ3n) is 2.35. The van der Waals surface area contributed by atoms with Crippen LogP contribution in [0.2, 0.25) is 0 Å². The second kappa shape index (κ2) is 7.41. The van der Waals surface area contributed by atoms with Gasteiger partial charge in [0, 0.05) is 29.7 Å². The summed E-state index contributed by atoms with van der Waals surface area (Å²) in [5.74, 6) is -0.106. The van der Waals surface area contributed by atoms with Gasteiger partial charge in [-0.25, -0.2) is 5.43 Å². The topological polar surface area (TPSA) is 67.1 Å². The molecular formula is C13H21N3OS. The van der Waals surface area contributed by atoms with Gasteiger partial charge in [-0.3, -0.25) is 10.2 Å². The lowest BCUT2D eigenvalue weighted by atomic mass is 10.0. The molecule has 0 aliphatic heterocycles. The third kappa shape index (κ3) is 5.08. The number of carbonyl (C=O) groups excluding carboxylic acids is 1. The van der Waals surface area contributed by atoms with Crippen molar-refractivity contribution in [2.75, 3.05) is 7.05 Å². The van der Waals surface area contributed by atoms with Crippen LogP contribution < -0.4 is 16.6 Å². The highest BCUT2D eigenvalue weighted by Gasteiger charge is 2.11. The van der Waals surface area contributed by atoms with E-state index < -0.39 is 0 Å². The summed E-state index contributed by atoms with van der Waals surface area (Å²) in [6.07, 6.45) is 0.275. The molecule has 1 aromatic carbocycles. The molecule has 1 amide bonds. The van der Waals surface area contributed by atoms with Crippen LogP contribution in [-0.4, -0.2) is 18.2 Å².